The molecule has 5 nitrogen and oxygen atoms in total. The highest BCUT2D eigenvalue weighted by Crippen LogP contribution is 2.34. The van der Waals surface area contributed by atoms with E-state index >= 15 is 0 Å². The summed E-state index contributed by atoms with van der Waals surface area (Å²) in [7, 11) is 0. The van der Waals surface area contributed by atoms with Crippen molar-refractivity contribution >= 4 is 33.6 Å². The number of benzene rings is 2. The van der Waals surface area contributed by atoms with Crippen molar-refractivity contribution in [3.8, 4) is 17.3 Å². The summed E-state index contributed by atoms with van der Waals surface area (Å²) >= 11 is 1.21. The van der Waals surface area contributed by atoms with Crippen LogP contribution in [0.1, 0.15) is 10.6 Å². The molecule has 0 unspecified atom stereocenters. The van der Waals surface area contributed by atoms with Crippen molar-refractivity contribution in [3.63, 3.8) is 0 Å². The van der Waals surface area contributed by atoms with E-state index in [0.717, 1.165) is 0 Å². The Hall–Kier alpha value is -3.97. The summed E-state index contributed by atoms with van der Waals surface area (Å²) in [5.41, 5.74) is -0.708. The van der Waals surface area contributed by atoms with Crippen LogP contribution in [-0.4, -0.2) is 4.98 Å². The number of halogens is 4. The van der Waals surface area contributed by atoms with Gasteiger partial charge in [0.05, 0.1) is 11.3 Å². The Bertz CT molecular complexity index is 1430. The van der Waals surface area contributed by atoms with Crippen molar-refractivity contribution in [2.75, 3.05) is 5.32 Å². The van der Waals surface area contributed by atoms with E-state index in [0.29, 0.717) is 28.0 Å². The minimum absolute atomic E-state index is 0.175. The lowest BCUT2D eigenvalue weighted by Gasteiger charge is -2.10. The third-order valence-corrected chi connectivity index (χ3v) is 5.30. The summed E-state index contributed by atoms with van der Waals surface area (Å²) in [6, 6.07) is 11.9. The number of aromatic nitrogens is 1. The third-order valence-electron chi connectivity index (χ3n) is 4.43. The minimum atomic E-state index is -4.70. The molecule has 0 radical (unpaired) electrons. The van der Waals surface area contributed by atoms with Crippen LogP contribution in [0.5, 0.6) is 0 Å². The molecule has 0 aliphatic heterocycles. The fourth-order valence-corrected chi connectivity index (χ4v) is 3.73. The Morgan fingerprint density at radius 3 is 2.59 bits per heavy atom. The first-order valence-electron chi connectivity index (χ1n) is 8.98. The van der Waals surface area contributed by atoms with Gasteiger partial charge in [-0.3, -0.25) is 0 Å². The van der Waals surface area contributed by atoms with Crippen LogP contribution in [0.2, 0.25) is 0 Å². The molecule has 0 spiro atoms. The highest BCUT2D eigenvalue weighted by Gasteiger charge is 2.33. The number of alkyl halides is 3. The van der Waals surface area contributed by atoms with E-state index in [1.54, 1.807) is 17.5 Å². The summed E-state index contributed by atoms with van der Waals surface area (Å²) in [5.74, 6) is -0.375. The zero-order valence-electron chi connectivity index (χ0n) is 15.9. The number of allylic oxidation sites excluding steroid dienone is 1. The fraction of sp³-hybridized carbons (Fsp3) is 0.0455. The molecule has 2 aromatic carbocycles. The van der Waals surface area contributed by atoms with E-state index in [4.69, 9.17) is 4.42 Å². The van der Waals surface area contributed by atoms with E-state index in [9.17, 15) is 27.6 Å². The maximum atomic E-state index is 13.2. The van der Waals surface area contributed by atoms with Crippen LogP contribution in [0.25, 0.3) is 27.8 Å². The van der Waals surface area contributed by atoms with Crippen molar-refractivity contribution < 1.29 is 22.0 Å². The number of anilines is 1. The molecule has 1 N–H and O–H groups in total. The molecule has 0 atom stereocenters. The Labute approximate surface area is 181 Å². The van der Waals surface area contributed by atoms with E-state index in [-0.39, 0.29) is 22.4 Å². The van der Waals surface area contributed by atoms with Gasteiger partial charge in [0, 0.05) is 40.3 Å². The summed E-state index contributed by atoms with van der Waals surface area (Å²) in [6.07, 6.45) is -3.36. The van der Waals surface area contributed by atoms with Crippen molar-refractivity contribution in [2.24, 2.45) is 0 Å². The van der Waals surface area contributed by atoms with E-state index in [2.05, 4.69) is 10.3 Å². The highest BCUT2D eigenvalue weighted by atomic mass is 32.1. The van der Waals surface area contributed by atoms with Crippen molar-refractivity contribution in [3.05, 3.63) is 86.9 Å². The van der Waals surface area contributed by atoms with Gasteiger partial charge in [-0.1, -0.05) is 0 Å². The predicted molar refractivity (Wildman–Crippen MR) is 112 cm³/mol. The molecule has 0 aliphatic rings. The molecule has 0 aliphatic carbocycles. The average Bonchev–Trinajstić information content (AvgIpc) is 3.23. The second kappa shape index (κ2) is 8.28. The second-order valence-electron chi connectivity index (χ2n) is 6.55. The zero-order valence-corrected chi connectivity index (χ0v) is 16.7. The van der Waals surface area contributed by atoms with E-state index in [1.807, 2.05) is 6.07 Å². The molecule has 32 heavy (non-hydrogen) atoms. The van der Waals surface area contributed by atoms with Crippen LogP contribution in [0.15, 0.2) is 69.3 Å². The van der Waals surface area contributed by atoms with Gasteiger partial charge in [-0.25, -0.2) is 14.2 Å². The quantitative estimate of drug-likeness (QED) is 0.229. The molecular formula is C22H11F4N3O2S. The number of rotatable bonds is 4. The zero-order chi connectivity index (χ0) is 22.9. The van der Waals surface area contributed by atoms with Crippen molar-refractivity contribution in [2.45, 2.75) is 6.18 Å². The van der Waals surface area contributed by atoms with Gasteiger partial charge in [-0.15, -0.1) is 11.3 Å². The standard InChI is InChI=1S/C22H11F4N3O2S/c23-14-3-1-12(2-4-14)18-11-32-21(29-18)13(9-27)10-28-15-5-6-16-17(22(24,25)26)8-20(30)31-19(16)7-15/h1-8,10-11,28H. The van der Waals surface area contributed by atoms with Crippen LogP contribution in [0, 0.1) is 17.1 Å². The van der Waals surface area contributed by atoms with Gasteiger partial charge in [0.15, 0.2) is 0 Å². The third kappa shape index (κ3) is 4.38. The summed E-state index contributed by atoms with van der Waals surface area (Å²) in [6.45, 7) is 0. The van der Waals surface area contributed by atoms with Gasteiger partial charge in [0.1, 0.15) is 28.1 Å². The highest BCUT2D eigenvalue weighted by molar-refractivity contribution is 7.11. The molecule has 4 rings (SSSR count). The molecule has 0 amide bonds. The Kier molecular flexibility index (Phi) is 5.50. The normalized spacial score (nSPS) is 12.0. The van der Waals surface area contributed by atoms with Gasteiger partial charge in [-0.05, 0) is 36.4 Å². The number of hydrogen-bond donors (Lipinski definition) is 1. The lowest BCUT2D eigenvalue weighted by Crippen LogP contribution is -2.11. The van der Waals surface area contributed by atoms with Crippen LogP contribution in [0.4, 0.5) is 23.2 Å². The van der Waals surface area contributed by atoms with E-state index in [1.165, 1.54) is 47.9 Å². The molecule has 4 aromatic rings. The van der Waals surface area contributed by atoms with Gasteiger partial charge in [0.25, 0.3) is 0 Å². The Balaban J connectivity index is 1.62. The van der Waals surface area contributed by atoms with Crippen LogP contribution in [0.3, 0.4) is 0 Å². The largest absolute Gasteiger partial charge is 0.423 e. The lowest BCUT2D eigenvalue weighted by atomic mass is 10.1. The summed E-state index contributed by atoms with van der Waals surface area (Å²) in [5, 5.41) is 14.2. The number of thiazole rings is 1. The van der Waals surface area contributed by atoms with E-state index < -0.39 is 17.4 Å². The number of nitrogens with zero attached hydrogens (tertiary/aromatic N) is 2. The molecular weight excluding hydrogens is 446 g/mol. The average molecular weight is 457 g/mol. The first-order chi connectivity index (χ1) is 15.2. The molecule has 2 aromatic heterocycles. The fourth-order valence-electron chi connectivity index (χ4n) is 2.94. The first-order valence-corrected chi connectivity index (χ1v) is 9.86. The second-order valence-corrected chi connectivity index (χ2v) is 7.40. The Morgan fingerprint density at radius 2 is 1.91 bits per heavy atom. The number of fused-ring (bicyclic) bond motifs is 1. The Morgan fingerprint density at radius 1 is 1.16 bits per heavy atom. The predicted octanol–water partition coefficient (Wildman–Crippen LogP) is 6.05. The minimum Gasteiger partial charge on any atom is -0.423 e. The SMILES string of the molecule is N#CC(=CNc1ccc2c(C(F)(F)F)cc(=O)oc2c1)c1nc(-c2ccc(F)cc2)cs1. The van der Waals surface area contributed by atoms with Crippen LogP contribution < -0.4 is 10.9 Å². The molecule has 0 saturated heterocycles. The number of nitriles is 1. The molecule has 0 bridgehead atoms. The summed E-state index contributed by atoms with van der Waals surface area (Å²) < 4.78 is 57.5. The van der Waals surface area contributed by atoms with Gasteiger partial charge >= 0.3 is 11.8 Å². The van der Waals surface area contributed by atoms with Crippen LogP contribution >= 0.6 is 11.3 Å². The van der Waals surface area contributed by atoms with Crippen molar-refractivity contribution in [1.29, 1.82) is 5.26 Å². The first kappa shape index (κ1) is 21.3. The van der Waals surface area contributed by atoms with Gasteiger partial charge in [-0.2, -0.15) is 18.4 Å². The lowest BCUT2D eigenvalue weighted by molar-refractivity contribution is -0.136. The van der Waals surface area contributed by atoms with Gasteiger partial charge in [0.2, 0.25) is 0 Å². The maximum Gasteiger partial charge on any atom is 0.417 e. The summed E-state index contributed by atoms with van der Waals surface area (Å²) in [4.78, 5) is 15.9. The molecule has 0 fully saturated rings. The monoisotopic (exact) mass is 457 g/mol. The molecule has 160 valence electrons. The van der Waals surface area contributed by atoms with Crippen molar-refractivity contribution in [1.82, 2.24) is 4.98 Å². The smallest absolute Gasteiger partial charge is 0.417 e. The molecule has 0 saturated carbocycles. The number of nitrogens with one attached hydrogen (secondary N) is 1. The van der Waals surface area contributed by atoms with Crippen LogP contribution in [-0.2, 0) is 6.18 Å². The number of hydrogen-bond acceptors (Lipinski definition) is 6. The maximum absolute atomic E-state index is 13.2. The molecule has 10 heteroatoms. The molecule has 2 heterocycles. The van der Waals surface area contributed by atoms with Gasteiger partial charge < -0.3 is 9.73 Å². The topological polar surface area (TPSA) is 78.9 Å².